The number of hydrogen-bond donors (Lipinski definition) is 2. The summed E-state index contributed by atoms with van der Waals surface area (Å²) in [6.07, 6.45) is 2.75. The van der Waals surface area contributed by atoms with Crippen molar-refractivity contribution in [3.05, 3.63) is 0 Å². The number of hydrogen-bond acceptors (Lipinski definition) is 3. The Morgan fingerprint density at radius 2 is 1.75 bits per heavy atom. The van der Waals surface area contributed by atoms with Gasteiger partial charge in [-0.2, -0.15) is 0 Å². The first-order valence-electron chi connectivity index (χ1n) is 3.81. The van der Waals surface area contributed by atoms with E-state index in [1.807, 2.05) is 0 Å². The van der Waals surface area contributed by atoms with Gasteiger partial charge in [0.25, 0.3) is 0 Å². The van der Waals surface area contributed by atoms with Crippen molar-refractivity contribution in [2.24, 2.45) is 11.5 Å². The van der Waals surface area contributed by atoms with Gasteiger partial charge in [-0.15, -0.1) is 0 Å². The van der Waals surface area contributed by atoms with Crippen LogP contribution in [0.4, 0.5) is 0 Å². The van der Waals surface area contributed by atoms with Crippen LogP contribution >= 0.6 is 0 Å². The summed E-state index contributed by atoms with van der Waals surface area (Å²) in [6, 6.07) is 1.42. The summed E-state index contributed by atoms with van der Waals surface area (Å²) in [5, 5.41) is 0. The lowest BCUT2D eigenvalue weighted by Crippen LogP contribution is -2.29. The average molecular weight is 190 g/mol. The fourth-order valence-electron chi connectivity index (χ4n) is 0.687. The van der Waals surface area contributed by atoms with Gasteiger partial charge in [0.15, 0.2) is 9.76 Å². The van der Waals surface area contributed by atoms with Crippen LogP contribution in [0.1, 0.15) is 12.8 Å². The van der Waals surface area contributed by atoms with Crippen molar-refractivity contribution >= 4 is 21.6 Å². The number of carbonyl (C=O) groups is 2. The quantitative estimate of drug-likeness (QED) is 0.350. The molecular weight excluding hydrogens is 176 g/mol. The Balaban J connectivity index is 0.000000202. The predicted molar refractivity (Wildman–Crippen MR) is 46.9 cm³/mol. The minimum Gasteiger partial charge on any atom is -0.424 e. The molecule has 0 aliphatic carbocycles. The smallest absolute Gasteiger partial charge is 0.306 e. The van der Waals surface area contributed by atoms with Crippen LogP contribution in [-0.4, -0.2) is 28.2 Å². The molecule has 0 radical (unpaired) electrons. The van der Waals surface area contributed by atoms with Crippen molar-refractivity contribution in [2.45, 2.75) is 18.9 Å². The molecule has 1 aliphatic rings. The lowest BCUT2D eigenvalue weighted by atomic mass is 10.4. The van der Waals surface area contributed by atoms with Crippen LogP contribution < -0.4 is 11.5 Å². The summed E-state index contributed by atoms with van der Waals surface area (Å²) in [5.41, 5.74) is 8.64. The largest absolute Gasteiger partial charge is 0.424 e. The predicted octanol–water partition coefficient (Wildman–Crippen LogP) is -1.74. The number of rotatable bonds is 0. The maximum absolute atomic E-state index is 9.45. The minimum absolute atomic E-state index is 0.00849. The van der Waals surface area contributed by atoms with E-state index in [-0.39, 0.29) is 9.76 Å². The summed E-state index contributed by atoms with van der Waals surface area (Å²) in [4.78, 5) is 18.9. The minimum atomic E-state index is -1.10. The maximum atomic E-state index is 9.45. The zero-order valence-electron chi connectivity index (χ0n) is 6.91. The molecule has 1 rings (SSSR count). The summed E-state index contributed by atoms with van der Waals surface area (Å²) in [6.45, 7) is 1.06. The van der Waals surface area contributed by atoms with Crippen molar-refractivity contribution in [3.8, 4) is 0 Å². The lowest BCUT2D eigenvalue weighted by Gasteiger charge is -2.07. The molecule has 70 valence electrons. The zero-order valence-corrected chi connectivity index (χ0v) is 8.33. The van der Waals surface area contributed by atoms with Gasteiger partial charge in [-0.3, -0.25) is 9.59 Å². The number of amides is 2. The van der Waals surface area contributed by atoms with Crippen molar-refractivity contribution < 1.29 is 14.0 Å². The molecule has 1 saturated heterocycles. The van der Waals surface area contributed by atoms with Crippen LogP contribution in [0.3, 0.4) is 0 Å². The second-order valence-electron chi connectivity index (χ2n) is 2.40. The molecule has 0 unspecified atom stereocenters. The third-order valence-electron chi connectivity index (χ3n) is 1.32. The normalized spacial score (nSPS) is 17.7. The van der Waals surface area contributed by atoms with Gasteiger partial charge in [-0.05, 0) is 12.5 Å². The van der Waals surface area contributed by atoms with Crippen molar-refractivity contribution in [2.75, 3.05) is 6.61 Å². The van der Waals surface area contributed by atoms with E-state index in [0.29, 0.717) is 0 Å². The van der Waals surface area contributed by atoms with Gasteiger partial charge in [-0.25, -0.2) is 0 Å². The van der Waals surface area contributed by atoms with E-state index in [1.54, 1.807) is 0 Å². The van der Waals surface area contributed by atoms with Crippen LogP contribution in [0.15, 0.2) is 0 Å². The number of primary amides is 2. The van der Waals surface area contributed by atoms with E-state index in [4.69, 9.17) is 4.43 Å². The Hall–Kier alpha value is -0.883. The molecule has 0 saturated carbocycles. The zero-order chi connectivity index (χ0) is 9.40. The second kappa shape index (κ2) is 6.80. The fourth-order valence-corrected chi connectivity index (χ4v) is 1.86. The maximum Gasteiger partial charge on any atom is 0.306 e. The van der Waals surface area contributed by atoms with Gasteiger partial charge < -0.3 is 15.9 Å². The van der Waals surface area contributed by atoms with Crippen LogP contribution in [0.5, 0.6) is 0 Å². The molecule has 0 aromatic rings. The molecule has 2 amide bonds. The summed E-state index contributed by atoms with van der Waals surface area (Å²) >= 11 is 0. The molecule has 0 aromatic carbocycles. The molecular formula is C6H14N2O3Si. The van der Waals surface area contributed by atoms with Gasteiger partial charge in [0.1, 0.15) is 0 Å². The van der Waals surface area contributed by atoms with E-state index < -0.39 is 11.8 Å². The molecule has 1 fully saturated rings. The van der Waals surface area contributed by atoms with E-state index in [9.17, 15) is 9.59 Å². The molecule has 4 N–H and O–H groups in total. The molecule has 0 spiro atoms. The third-order valence-corrected chi connectivity index (χ3v) is 2.69. The lowest BCUT2D eigenvalue weighted by molar-refractivity contribution is -0.135. The Morgan fingerprint density at radius 1 is 1.17 bits per heavy atom. The van der Waals surface area contributed by atoms with E-state index >= 15 is 0 Å². The first kappa shape index (κ1) is 11.1. The molecule has 1 heterocycles. The van der Waals surface area contributed by atoms with Crippen molar-refractivity contribution in [1.29, 1.82) is 0 Å². The Kier molecular flexibility index (Phi) is 6.30. The van der Waals surface area contributed by atoms with Gasteiger partial charge in [0.05, 0.1) is 0 Å². The standard InChI is InChI=1S/C4H10OSi.C2H4N2O2/c1-2-4-6-5-3-1;3-1(5)2(4)6/h1-4,6H2;(H2,3,5)(H2,4,6). The Morgan fingerprint density at radius 3 is 1.83 bits per heavy atom. The highest BCUT2D eigenvalue weighted by Crippen LogP contribution is 2.01. The Labute approximate surface area is 73.4 Å². The highest BCUT2D eigenvalue weighted by Gasteiger charge is 1.97. The van der Waals surface area contributed by atoms with Crippen LogP contribution in [-0.2, 0) is 14.0 Å². The molecule has 0 atom stereocenters. The molecule has 12 heavy (non-hydrogen) atoms. The third kappa shape index (κ3) is 7.23. The van der Waals surface area contributed by atoms with Gasteiger partial charge in [-0.1, -0.05) is 6.42 Å². The van der Waals surface area contributed by atoms with Crippen LogP contribution in [0.25, 0.3) is 0 Å². The molecule has 6 heteroatoms. The first-order chi connectivity index (χ1) is 5.64. The van der Waals surface area contributed by atoms with Crippen LogP contribution in [0.2, 0.25) is 6.04 Å². The van der Waals surface area contributed by atoms with E-state index in [0.717, 1.165) is 6.61 Å². The monoisotopic (exact) mass is 190 g/mol. The fraction of sp³-hybridized carbons (Fsp3) is 0.667. The molecule has 5 nitrogen and oxygen atoms in total. The van der Waals surface area contributed by atoms with Crippen molar-refractivity contribution in [1.82, 2.24) is 0 Å². The Bertz CT molecular complexity index is 135. The van der Waals surface area contributed by atoms with Crippen molar-refractivity contribution in [3.63, 3.8) is 0 Å². The number of carbonyl (C=O) groups excluding carboxylic acids is 2. The molecule has 0 bridgehead atoms. The van der Waals surface area contributed by atoms with Gasteiger partial charge >= 0.3 is 11.8 Å². The van der Waals surface area contributed by atoms with Gasteiger partial charge in [0, 0.05) is 6.61 Å². The average Bonchev–Trinajstić information content (AvgIpc) is 2.08. The summed E-state index contributed by atoms with van der Waals surface area (Å²) in [5.74, 6) is -2.20. The van der Waals surface area contributed by atoms with E-state index in [2.05, 4.69) is 11.5 Å². The second-order valence-corrected chi connectivity index (χ2v) is 3.93. The number of nitrogens with two attached hydrogens (primary N) is 2. The SMILES string of the molecule is C1CC[SiH2]OC1.NC(=O)C(N)=O. The summed E-state index contributed by atoms with van der Waals surface area (Å²) < 4.78 is 5.21. The molecule has 0 aromatic heterocycles. The first-order valence-corrected chi connectivity index (χ1v) is 5.39. The topological polar surface area (TPSA) is 95.4 Å². The highest BCUT2D eigenvalue weighted by atomic mass is 28.2. The van der Waals surface area contributed by atoms with Gasteiger partial charge in [0.2, 0.25) is 0 Å². The summed E-state index contributed by atoms with van der Waals surface area (Å²) in [7, 11) is 0.00849. The molecule has 1 aliphatic heterocycles. The van der Waals surface area contributed by atoms with E-state index in [1.165, 1.54) is 18.9 Å². The highest BCUT2D eigenvalue weighted by molar-refractivity contribution is 6.33. The van der Waals surface area contributed by atoms with Crippen LogP contribution in [0, 0.1) is 0 Å².